The maximum absolute atomic E-state index is 12.8. The molecule has 2 aromatic rings. The first-order valence-corrected chi connectivity index (χ1v) is 9.30. The highest BCUT2D eigenvalue weighted by atomic mass is 19.4. The number of hydrogen-bond acceptors (Lipinski definition) is 1. The highest BCUT2D eigenvalue weighted by Gasteiger charge is 2.32. The summed E-state index contributed by atoms with van der Waals surface area (Å²) in [4.78, 5) is 0. The van der Waals surface area contributed by atoms with Crippen LogP contribution in [-0.2, 0) is 17.1 Å². The van der Waals surface area contributed by atoms with Gasteiger partial charge in [0.2, 0.25) is 0 Å². The van der Waals surface area contributed by atoms with Crippen LogP contribution in [0.2, 0.25) is 0 Å². The first-order valence-electron chi connectivity index (χ1n) is 9.30. The van der Waals surface area contributed by atoms with Gasteiger partial charge in [0, 0.05) is 0 Å². The van der Waals surface area contributed by atoms with Crippen molar-refractivity contribution in [3.05, 3.63) is 70.8 Å². The molecule has 1 nitrogen and oxygen atoms in total. The first-order chi connectivity index (χ1) is 13.3. The van der Waals surface area contributed by atoms with Crippen molar-refractivity contribution in [1.82, 2.24) is 0 Å². The molecule has 0 aliphatic heterocycles. The Morgan fingerprint density at radius 1 is 0.552 bits per heavy atom. The van der Waals surface area contributed by atoms with Crippen molar-refractivity contribution in [2.45, 2.75) is 52.3 Å². The second kappa shape index (κ2) is 8.78. The zero-order valence-electron chi connectivity index (χ0n) is 16.6. The Balaban J connectivity index is 2.30. The number of benzene rings is 2. The molecule has 0 N–H and O–H groups in total. The fourth-order valence-corrected chi connectivity index (χ4v) is 3.12. The van der Waals surface area contributed by atoms with Crippen molar-refractivity contribution in [2.75, 3.05) is 0 Å². The van der Waals surface area contributed by atoms with Gasteiger partial charge < -0.3 is 4.74 Å². The van der Waals surface area contributed by atoms with Crippen molar-refractivity contribution < 1.29 is 31.1 Å². The predicted octanol–water partition coefficient (Wildman–Crippen LogP) is 7.84. The molecule has 29 heavy (non-hydrogen) atoms. The molecule has 0 saturated carbocycles. The van der Waals surface area contributed by atoms with E-state index >= 15 is 0 Å². The maximum Gasteiger partial charge on any atom is 0.416 e. The molecule has 0 fully saturated rings. The van der Waals surface area contributed by atoms with E-state index in [0.717, 1.165) is 24.3 Å². The number of rotatable bonds is 6. The van der Waals surface area contributed by atoms with Gasteiger partial charge in [-0.05, 0) is 47.2 Å². The lowest BCUT2D eigenvalue weighted by Crippen LogP contribution is -2.19. The van der Waals surface area contributed by atoms with Crippen LogP contribution in [0.5, 0.6) is 0 Å². The van der Waals surface area contributed by atoms with Crippen LogP contribution in [0.3, 0.4) is 0 Å². The first kappa shape index (κ1) is 23.3. The summed E-state index contributed by atoms with van der Waals surface area (Å²) in [7, 11) is 0. The van der Waals surface area contributed by atoms with Gasteiger partial charge in [-0.1, -0.05) is 52.0 Å². The molecule has 0 heterocycles. The Kier molecular flexibility index (Phi) is 7.04. The number of hydrogen-bond donors (Lipinski definition) is 0. The van der Waals surface area contributed by atoms with Gasteiger partial charge in [0.15, 0.2) is 0 Å². The van der Waals surface area contributed by atoms with Crippen LogP contribution in [0, 0.1) is 11.8 Å². The Morgan fingerprint density at radius 3 is 1.03 bits per heavy atom. The summed E-state index contributed by atoms with van der Waals surface area (Å²) in [6, 6.07) is 9.59. The average Bonchev–Trinajstić information content (AvgIpc) is 2.60. The van der Waals surface area contributed by atoms with E-state index in [4.69, 9.17) is 4.74 Å². The zero-order chi connectivity index (χ0) is 22.0. The van der Waals surface area contributed by atoms with Crippen molar-refractivity contribution >= 4 is 0 Å². The van der Waals surface area contributed by atoms with E-state index in [9.17, 15) is 26.3 Å². The minimum absolute atomic E-state index is 0.0533. The van der Waals surface area contributed by atoms with Crippen LogP contribution in [0.25, 0.3) is 0 Å². The molecule has 0 saturated heterocycles. The number of halogens is 6. The van der Waals surface area contributed by atoms with Crippen molar-refractivity contribution in [3.8, 4) is 0 Å². The Hall–Kier alpha value is -2.02. The van der Waals surface area contributed by atoms with Crippen LogP contribution in [0.1, 0.15) is 62.2 Å². The van der Waals surface area contributed by atoms with Crippen LogP contribution in [0.15, 0.2) is 48.5 Å². The Morgan fingerprint density at radius 2 is 0.828 bits per heavy atom. The topological polar surface area (TPSA) is 9.23 Å². The summed E-state index contributed by atoms with van der Waals surface area (Å²) in [5.74, 6) is -0.107. The van der Waals surface area contributed by atoms with E-state index in [-0.39, 0.29) is 11.8 Å². The van der Waals surface area contributed by atoms with E-state index in [2.05, 4.69) is 0 Å². The second-order valence-corrected chi connectivity index (χ2v) is 7.70. The minimum Gasteiger partial charge on any atom is -0.365 e. The third-order valence-electron chi connectivity index (χ3n) is 4.64. The fourth-order valence-electron chi connectivity index (χ4n) is 3.12. The van der Waals surface area contributed by atoms with Gasteiger partial charge in [-0.3, -0.25) is 0 Å². The van der Waals surface area contributed by atoms with Gasteiger partial charge in [-0.15, -0.1) is 0 Å². The normalized spacial score (nSPS) is 15.0. The highest BCUT2D eigenvalue weighted by molar-refractivity contribution is 5.28. The largest absolute Gasteiger partial charge is 0.416 e. The van der Waals surface area contributed by atoms with E-state index in [1.165, 1.54) is 24.3 Å². The summed E-state index contributed by atoms with van der Waals surface area (Å²) < 4.78 is 83.2. The van der Waals surface area contributed by atoms with Crippen LogP contribution in [0.4, 0.5) is 26.3 Å². The Labute approximate surface area is 166 Å². The molecule has 0 aromatic heterocycles. The molecule has 0 aliphatic carbocycles. The second-order valence-electron chi connectivity index (χ2n) is 7.70. The van der Waals surface area contributed by atoms with Crippen LogP contribution >= 0.6 is 0 Å². The summed E-state index contributed by atoms with van der Waals surface area (Å²) >= 11 is 0. The van der Waals surface area contributed by atoms with Crippen molar-refractivity contribution in [3.63, 3.8) is 0 Å². The molecule has 0 spiro atoms. The highest BCUT2D eigenvalue weighted by Crippen LogP contribution is 2.38. The van der Waals surface area contributed by atoms with Gasteiger partial charge in [0.1, 0.15) is 0 Å². The van der Waals surface area contributed by atoms with Gasteiger partial charge >= 0.3 is 12.4 Å². The molecule has 0 bridgehead atoms. The van der Waals surface area contributed by atoms with E-state index in [1.807, 2.05) is 27.7 Å². The molecule has 7 heteroatoms. The van der Waals surface area contributed by atoms with Gasteiger partial charge in [0.25, 0.3) is 0 Å². The smallest absolute Gasteiger partial charge is 0.365 e. The molecular formula is C22H24F6O. The maximum atomic E-state index is 12.8. The number of ether oxygens (including phenoxy) is 1. The molecule has 0 amide bonds. The SMILES string of the molecule is CC(C)C(OC(c1ccc(C(F)(F)F)cc1)C(C)C)c1ccc(C(F)(F)F)cc1. The van der Waals surface area contributed by atoms with Gasteiger partial charge in [-0.2, -0.15) is 26.3 Å². The van der Waals surface area contributed by atoms with Crippen molar-refractivity contribution in [1.29, 1.82) is 0 Å². The molecular weight excluding hydrogens is 394 g/mol. The molecule has 2 atom stereocenters. The molecule has 160 valence electrons. The lowest BCUT2D eigenvalue weighted by Gasteiger charge is -2.31. The van der Waals surface area contributed by atoms with Gasteiger partial charge in [0.05, 0.1) is 23.3 Å². The van der Waals surface area contributed by atoms with Crippen LogP contribution < -0.4 is 0 Å². The standard InChI is InChI=1S/C22H24F6O/c1-13(2)19(15-5-9-17(10-6-15)21(23,24)25)29-20(14(3)4)16-7-11-18(12-8-16)22(26,27)28/h5-14,19-20H,1-4H3. The monoisotopic (exact) mass is 418 g/mol. The van der Waals surface area contributed by atoms with Crippen LogP contribution in [-0.4, -0.2) is 0 Å². The predicted molar refractivity (Wildman–Crippen MR) is 99.1 cm³/mol. The molecule has 0 aliphatic rings. The zero-order valence-corrected chi connectivity index (χ0v) is 16.6. The molecule has 0 radical (unpaired) electrons. The van der Waals surface area contributed by atoms with Crippen molar-refractivity contribution in [2.24, 2.45) is 11.8 Å². The fraction of sp³-hybridized carbons (Fsp3) is 0.455. The third-order valence-corrected chi connectivity index (χ3v) is 4.64. The lowest BCUT2D eigenvalue weighted by atomic mass is 9.94. The van der Waals surface area contributed by atoms with E-state index in [0.29, 0.717) is 11.1 Å². The third kappa shape index (κ3) is 5.98. The van der Waals surface area contributed by atoms with E-state index in [1.54, 1.807) is 0 Å². The number of alkyl halides is 6. The molecule has 2 aromatic carbocycles. The average molecular weight is 418 g/mol. The van der Waals surface area contributed by atoms with E-state index < -0.39 is 35.7 Å². The quantitative estimate of drug-likeness (QED) is 0.434. The summed E-state index contributed by atoms with van der Waals surface area (Å²) in [5, 5.41) is 0. The summed E-state index contributed by atoms with van der Waals surface area (Å²) in [6.07, 6.45) is -9.86. The summed E-state index contributed by atoms with van der Waals surface area (Å²) in [5.41, 5.74) is -0.310. The van der Waals surface area contributed by atoms with Gasteiger partial charge in [-0.25, -0.2) is 0 Å². The summed E-state index contributed by atoms with van der Waals surface area (Å²) in [6.45, 7) is 7.53. The minimum atomic E-state index is -4.42. The molecule has 2 rings (SSSR count). The Bertz CT molecular complexity index is 705. The lowest BCUT2D eigenvalue weighted by molar-refractivity contribution is -0.138. The molecule has 2 unspecified atom stereocenters.